The van der Waals surface area contributed by atoms with Crippen LogP contribution in [0.3, 0.4) is 0 Å². The quantitative estimate of drug-likeness (QED) is 0.638. The van der Waals surface area contributed by atoms with Crippen LogP contribution in [-0.2, 0) is 11.2 Å². The number of carbonyl (C=O) groups excluding carboxylic acids is 1. The first-order valence-electron chi connectivity index (χ1n) is 7.38. The van der Waals surface area contributed by atoms with Crippen molar-refractivity contribution in [3.8, 4) is 5.75 Å². The van der Waals surface area contributed by atoms with Crippen LogP contribution >= 0.6 is 12.4 Å². The molecule has 2 rings (SSSR count). The number of Topliss-reactive ketones (excluding diaryl/α,β-unsaturated/α-hetero) is 1. The van der Waals surface area contributed by atoms with Gasteiger partial charge in [-0.25, -0.2) is 0 Å². The first kappa shape index (κ1) is 19.7. The number of carboxylic acid groups (broad SMARTS) is 1. The molecule has 128 valence electrons. The highest BCUT2D eigenvalue weighted by atomic mass is 35.5. The third-order valence-corrected chi connectivity index (χ3v) is 3.51. The lowest BCUT2D eigenvalue weighted by molar-refractivity contribution is -0.139. The number of aliphatic carboxylic acids is 1. The van der Waals surface area contributed by atoms with Crippen molar-refractivity contribution >= 4 is 24.2 Å². The number of phenols is 1. The molecule has 0 amide bonds. The van der Waals surface area contributed by atoms with Gasteiger partial charge < -0.3 is 15.5 Å². The summed E-state index contributed by atoms with van der Waals surface area (Å²) in [6, 6.07) is 14.6. The maximum absolute atomic E-state index is 12.0. The summed E-state index contributed by atoms with van der Waals surface area (Å²) < 4.78 is 0. The van der Waals surface area contributed by atoms with Crippen molar-refractivity contribution in [1.29, 1.82) is 0 Å². The molecule has 0 spiro atoms. The van der Waals surface area contributed by atoms with Crippen molar-refractivity contribution in [2.24, 2.45) is 0 Å². The molecule has 2 aromatic carbocycles. The van der Waals surface area contributed by atoms with Crippen LogP contribution in [0.15, 0.2) is 54.6 Å². The van der Waals surface area contributed by atoms with E-state index in [4.69, 9.17) is 0 Å². The van der Waals surface area contributed by atoms with Crippen molar-refractivity contribution in [3.05, 3.63) is 65.7 Å². The lowest BCUT2D eigenvalue weighted by Gasteiger charge is -2.14. The number of rotatable bonds is 8. The summed E-state index contributed by atoms with van der Waals surface area (Å²) in [5.74, 6) is -0.848. The third kappa shape index (κ3) is 6.02. The van der Waals surface area contributed by atoms with Crippen LogP contribution in [-0.4, -0.2) is 34.6 Å². The second kappa shape index (κ2) is 9.70. The molecule has 2 aromatic rings. The SMILES string of the molecule is Cl.O=C(CCN[C@@H](Cc1ccc(O)cc1)C(=O)O)c1ccccc1. The number of aromatic hydroxyl groups is 1. The Balaban J connectivity index is 0.00000288. The number of carbonyl (C=O) groups is 2. The first-order valence-corrected chi connectivity index (χ1v) is 7.38. The Labute approximate surface area is 146 Å². The maximum Gasteiger partial charge on any atom is 0.321 e. The van der Waals surface area contributed by atoms with E-state index in [9.17, 15) is 19.8 Å². The summed E-state index contributed by atoms with van der Waals surface area (Å²) in [6.07, 6.45) is 0.526. The monoisotopic (exact) mass is 349 g/mol. The summed E-state index contributed by atoms with van der Waals surface area (Å²) in [5.41, 5.74) is 1.43. The van der Waals surface area contributed by atoms with Gasteiger partial charge >= 0.3 is 5.97 Å². The number of halogens is 1. The minimum absolute atomic E-state index is 0. The van der Waals surface area contributed by atoms with Crippen LogP contribution in [0.1, 0.15) is 22.3 Å². The molecule has 0 unspecified atom stereocenters. The highest BCUT2D eigenvalue weighted by Crippen LogP contribution is 2.11. The largest absolute Gasteiger partial charge is 0.508 e. The fraction of sp³-hybridized carbons (Fsp3) is 0.222. The Kier molecular flexibility index (Phi) is 7.95. The Morgan fingerprint density at radius 3 is 2.21 bits per heavy atom. The molecule has 0 bridgehead atoms. The Bertz CT molecular complexity index is 658. The Morgan fingerprint density at radius 2 is 1.62 bits per heavy atom. The zero-order chi connectivity index (χ0) is 16.7. The molecule has 0 saturated heterocycles. The highest BCUT2D eigenvalue weighted by Gasteiger charge is 2.17. The van der Waals surface area contributed by atoms with Crippen molar-refractivity contribution in [3.63, 3.8) is 0 Å². The molecule has 0 aliphatic rings. The lowest BCUT2D eigenvalue weighted by atomic mass is 10.0. The van der Waals surface area contributed by atoms with E-state index in [1.54, 1.807) is 36.4 Å². The second-order valence-electron chi connectivity index (χ2n) is 5.25. The van der Waals surface area contributed by atoms with Gasteiger partial charge in [0, 0.05) is 18.5 Å². The van der Waals surface area contributed by atoms with Crippen LogP contribution in [0.5, 0.6) is 5.75 Å². The third-order valence-electron chi connectivity index (χ3n) is 3.51. The van der Waals surface area contributed by atoms with Gasteiger partial charge in [-0.05, 0) is 24.1 Å². The van der Waals surface area contributed by atoms with Gasteiger partial charge in [-0.1, -0.05) is 42.5 Å². The average molecular weight is 350 g/mol. The maximum atomic E-state index is 12.0. The van der Waals surface area contributed by atoms with Gasteiger partial charge in [-0.15, -0.1) is 12.4 Å². The minimum Gasteiger partial charge on any atom is -0.508 e. The normalized spacial score (nSPS) is 11.3. The molecule has 3 N–H and O–H groups in total. The molecule has 6 heteroatoms. The van der Waals surface area contributed by atoms with Gasteiger partial charge in [0.05, 0.1) is 0 Å². The van der Waals surface area contributed by atoms with Crippen LogP contribution in [0.25, 0.3) is 0 Å². The molecule has 24 heavy (non-hydrogen) atoms. The fourth-order valence-corrected chi connectivity index (χ4v) is 2.24. The number of phenolic OH excluding ortho intramolecular Hbond substituents is 1. The van der Waals surface area contributed by atoms with E-state index >= 15 is 0 Å². The summed E-state index contributed by atoms with van der Waals surface area (Å²) in [7, 11) is 0. The van der Waals surface area contributed by atoms with E-state index in [1.807, 2.05) is 6.07 Å². The van der Waals surface area contributed by atoms with Crippen molar-refractivity contribution in [2.45, 2.75) is 18.9 Å². The minimum atomic E-state index is -0.967. The molecular formula is C18H20ClNO4. The number of nitrogens with one attached hydrogen (secondary N) is 1. The molecule has 0 saturated carbocycles. The van der Waals surface area contributed by atoms with Gasteiger partial charge in [-0.3, -0.25) is 9.59 Å². The molecule has 0 radical (unpaired) electrons. The van der Waals surface area contributed by atoms with E-state index in [0.29, 0.717) is 12.1 Å². The lowest BCUT2D eigenvalue weighted by Crippen LogP contribution is -2.39. The van der Waals surface area contributed by atoms with Gasteiger partial charge in [0.1, 0.15) is 11.8 Å². The van der Waals surface area contributed by atoms with Gasteiger partial charge in [0.25, 0.3) is 0 Å². The van der Waals surface area contributed by atoms with Crippen LogP contribution < -0.4 is 5.32 Å². The molecular weight excluding hydrogens is 330 g/mol. The molecule has 5 nitrogen and oxygen atoms in total. The van der Waals surface area contributed by atoms with Crippen molar-refractivity contribution in [2.75, 3.05) is 6.54 Å². The molecule has 1 atom stereocenters. The van der Waals surface area contributed by atoms with E-state index < -0.39 is 12.0 Å². The highest BCUT2D eigenvalue weighted by molar-refractivity contribution is 5.96. The number of benzene rings is 2. The molecule has 0 aromatic heterocycles. The van der Waals surface area contributed by atoms with Gasteiger partial charge in [0.15, 0.2) is 5.78 Å². The topological polar surface area (TPSA) is 86.6 Å². The summed E-state index contributed by atoms with van der Waals surface area (Å²) in [4.78, 5) is 23.3. The van der Waals surface area contributed by atoms with Crippen LogP contribution in [0.4, 0.5) is 0 Å². The zero-order valence-corrected chi connectivity index (χ0v) is 13.8. The summed E-state index contributed by atoms with van der Waals surface area (Å²) in [6.45, 7) is 0.294. The van der Waals surface area contributed by atoms with E-state index in [0.717, 1.165) is 5.56 Å². The Hall–Kier alpha value is -2.37. The fourth-order valence-electron chi connectivity index (χ4n) is 2.24. The number of ketones is 1. The van der Waals surface area contributed by atoms with E-state index in [1.165, 1.54) is 12.1 Å². The molecule has 0 heterocycles. The number of hydrogen-bond acceptors (Lipinski definition) is 4. The van der Waals surface area contributed by atoms with E-state index in [-0.39, 0.29) is 36.8 Å². The standard InChI is InChI=1S/C18H19NO4.ClH/c20-15-8-6-13(7-9-15)12-16(18(22)23)19-11-10-17(21)14-4-2-1-3-5-14;/h1-9,16,19-20H,10-12H2,(H,22,23);1H/t16-;/m0./s1. The smallest absolute Gasteiger partial charge is 0.321 e. The van der Waals surface area contributed by atoms with Crippen molar-refractivity contribution in [1.82, 2.24) is 5.32 Å². The van der Waals surface area contributed by atoms with Crippen LogP contribution in [0.2, 0.25) is 0 Å². The van der Waals surface area contributed by atoms with Gasteiger partial charge in [-0.2, -0.15) is 0 Å². The predicted octanol–water partition coefficient (Wildman–Crippen LogP) is 2.67. The second-order valence-corrected chi connectivity index (χ2v) is 5.25. The van der Waals surface area contributed by atoms with E-state index in [2.05, 4.69) is 5.32 Å². The number of carboxylic acids is 1. The van der Waals surface area contributed by atoms with Crippen molar-refractivity contribution < 1.29 is 19.8 Å². The zero-order valence-electron chi connectivity index (χ0n) is 13.0. The van der Waals surface area contributed by atoms with Gasteiger partial charge in [0.2, 0.25) is 0 Å². The first-order chi connectivity index (χ1) is 11.1. The predicted molar refractivity (Wildman–Crippen MR) is 93.9 cm³/mol. The molecule has 0 fully saturated rings. The number of hydrogen-bond donors (Lipinski definition) is 3. The summed E-state index contributed by atoms with van der Waals surface area (Å²) >= 11 is 0. The summed E-state index contributed by atoms with van der Waals surface area (Å²) in [5, 5.41) is 21.4. The molecule has 0 aliphatic carbocycles. The van der Waals surface area contributed by atoms with Crippen LogP contribution in [0, 0.1) is 0 Å². The Morgan fingerprint density at radius 1 is 1.00 bits per heavy atom. The average Bonchev–Trinajstić information content (AvgIpc) is 2.56. The molecule has 0 aliphatic heterocycles.